The summed E-state index contributed by atoms with van der Waals surface area (Å²) >= 11 is 12.4. The number of aromatic nitrogens is 3. The van der Waals surface area contributed by atoms with E-state index < -0.39 is 17.8 Å². The van der Waals surface area contributed by atoms with E-state index in [1.165, 1.54) is 24.3 Å². The van der Waals surface area contributed by atoms with Crippen molar-refractivity contribution in [2.45, 2.75) is 31.7 Å². The number of piperidine rings is 1. The molecule has 4 rings (SSSR count). The normalized spacial score (nSPS) is 15.0. The van der Waals surface area contributed by atoms with E-state index in [-0.39, 0.29) is 39.7 Å². The predicted octanol–water partition coefficient (Wildman–Crippen LogP) is 5.48. The van der Waals surface area contributed by atoms with Gasteiger partial charge in [0.25, 0.3) is 0 Å². The summed E-state index contributed by atoms with van der Waals surface area (Å²) in [5.41, 5.74) is -0.259. The molecule has 2 heterocycles. The fourth-order valence-electron chi connectivity index (χ4n) is 3.81. The zero-order chi connectivity index (χ0) is 24.5. The largest absolute Gasteiger partial charge is 0.478 e. The molecule has 0 radical (unpaired) electrons. The Labute approximate surface area is 202 Å². The lowest BCUT2D eigenvalue weighted by Crippen LogP contribution is -2.37. The Morgan fingerprint density at radius 3 is 2.26 bits per heavy atom. The van der Waals surface area contributed by atoms with Crippen LogP contribution >= 0.6 is 23.2 Å². The van der Waals surface area contributed by atoms with Crippen LogP contribution in [0.2, 0.25) is 10.0 Å². The van der Waals surface area contributed by atoms with Gasteiger partial charge in [-0.1, -0.05) is 34.5 Å². The van der Waals surface area contributed by atoms with E-state index in [1.807, 2.05) is 0 Å². The number of anilines is 1. The molecule has 1 N–H and O–H groups in total. The van der Waals surface area contributed by atoms with Crippen LogP contribution in [0.1, 0.15) is 34.6 Å². The van der Waals surface area contributed by atoms with Crippen molar-refractivity contribution in [2.24, 2.45) is 0 Å². The number of halogens is 5. The Morgan fingerprint density at radius 1 is 1.09 bits per heavy atom. The van der Waals surface area contributed by atoms with Crippen molar-refractivity contribution in [3.05, 3.63) is 69.5 Å². The summed E-state index contributed by atoms with van der Waals surface area (Å²) in [5, 5.41) is 16.3. The van der Waals surface area contributed by atoms with Crippen LogP contribution in [0.4, 0.5) is 18.9 Å². The van der Waals surface area contributed by atoms with E-state index in [1.54, 1.807) is 18.2 Å². The number of hydrogen-bond acceptors (Lipinski definition) is 5. The van der Waals surface area contributed by atoms with Crippen LogP contribution in [0.15, 0.2) is 42.5 Å². The van der Waals surface area contributed by atoms with E-state index in [2.05, 4.69) is 15.2 Å². The molecule has 12 heteroatoms. The lowest BCUT2D eigenvalue weighted by molar-refractivity contribution is -0.142. The average Bonchev–Trinajstić information content (AvgIpc) is 3.22. The van der Waals surface area contributed by atoms with Crippen molar-refractivity contribution < 1.29 is 27.8 Å². The first-order valence-corrected chi connectivity index (χ1v) is 11.1. The topological polar surface area (TPSA) is 80.5 Å². The highest BCUT2D eigenvalue weighted by molar-refractivity contribution is 6.37. The molecule has 7 nitrogen and oxygen atoms in total. The maximum absolute atomic E-state index is 13.6. The zero-order valence-corrected chi connectivity index (χ0v) is 19.1. The van der Waals surface area contributed by atoms with Gasteiger partial charge in [0.2, 0.25) is 0 Å². The highest BCUT2D eigenvalue weighted by Gasteiger charge is 2.39. The molecule has 1 aliphatic rings. The first-order chi connectivity index (χ1) is 16.1. The van der Waals surface area contributed by atoms with Gasteiger partial charge in [-0.25, -0.2) is 9.48 Å². The Balaban J connectivity index is 1.47. The van der Waals surface area contributed by atoms with Gasteiger partial charge in [0, 0.05) is 18.8 Å². The van der Waals surface area contributed by atoms with E-state index in [9.17, 15) is 18.0 Å². The van der Waals surface area contributed by atoms with Crippen LogP contribution in [0.3, 0.4) is 0 Å². The van der Waals surface area contributed by atoms with Gasteiger partial charge in [-0.05, 0) is 49.2 Å². The van der Waals surface area contributed by atoms with E-state index in [4.69, 9.17) is 33.0 Å². The number of hydrogen-bond donors (Lipinski definition) is 1. The molecule has 180 valence electrons. The molecule has 0 bridgehead atoms. The second kappa shape index (κ2) is 9.81. The molecular formula is C22H19Cl2F3N4O3. The molecule has 1 fully saturated rings. The third-order valence-electron chi connectivity index (χ3n) is 5.56. The molecule has 0 aliphatic carbocycles. The summed E-state index contributed by atoms with van der Waals surface area (Å²) in [7, 11) is 0. The molecule has 0 spiro atoms. The number of alkyl halides is 3. The van der Waals surface area contributed by atoms with Gasteiger partial charge < -0.3 is 14.7 Å². The number of ether oxygens (including phenoxy) is 1. The number of para-hydroxylation sites is 1. The van der Waals surface area contributed by atoms with Gasteiger partial charge in [-0.15, -0.1) is 5.10 Å². The molecule has 0 saturated carbocycles. The minimum absolute atomic E-state index is 0.104. The van der Waals surface area contributed by atoms with Crippen LogP contribution in [-0.2, 0) is 17.5 Å². The number of benzene rings is 2. The molecule has 2 aromatic carbocycles. The summed E-state index contributed by atoms with van der Waals surface area (Å²) in [6.45, 7) is 0.843. The fourth-order valence-corrected chi connectivity index (χ4v) is 4.37. The van der Waals surface area contributed by atoms with E-state index >= 15 is 0 Å². The van der Waals surface area contributed by atoms with Crippen LogP contribution in [0.25, 0.3) is 5.69 Å². The van der Waals surface area contributed by atoms with Gasteiger partial charge in [-0.2, -0.15) is 13.2 Å². The fraction of sp³-hybridized carbons (Fsp3) is 0.318. The summed E-state index contributed by atoms with van der Waals surface area (Å²) < 4.78 is 47.6. The van der Waals surface area contributed by atoms with Crippen LogP contribution in [-0.4, -0.2) is 45.3 Å². The maximum atomic E-state index is 13.6. The van der Waals surface area contributed by atoms with Crippen molar-refractivity contribution in [2.75, 3.05) is 18.0 Å². The van der Waals surface area contributed by atoms with Crippen molar-refractivity contribution in [3.8, 4) is 5.69 Å². The Hall–Kier alpha value is -2.82. The standard InChI is InChI=1S/C22H19Cl2F3N4O3/c23-16-2-1-3-17(24)19(16)31-18(20(28-29-31)22(25,26)27)12-34-15-8-10-30(11-9-15)14-6-4-13(5-7-14)21(32)33/h1-7,15H,8-12H2,(H,32,33). The Bertz CT molecular complexity index is 1160. The highest BCUT2D eigenvalue weighted by atomic mass is 35.5. The van der Waals surface area contributed by atoms with Gasteiger partial charge >= 0.3 is 12.1 Å². The molecule has 0 amide bonds. The molecule has 1 aromatic heterocycles. The summed E-state index contributed by atoms with van der Waals surface area (Å²) in [4.78, 5) is 13.1. The molecule has 1 saturated heterocycles. The number of carboxylic acid groups (broad SMARTS) is 1. The minimum Gasteiger partial charge on any atom is -0.478 e. The summed E-state index contributed by atoms with van der Waals surface area (Å²) in [5.74, 6) is -0.997. The van der Waals surface area contributed by atoms with Crippen molar-refractivity contribution in [3.63, 3.8) is 0 Å². The molecule has 34 heavy (non-hydrogen) atoms. The zero-order valence-electron chi connectivity index (χ0n) is 17.6. The molecular weight excluding hydrogens is 496 g/mol. The number of carboxylic acids is 1. The van der Waals surface area contributed by atoms with E-state index in [0.717, 1.165) is 10.4 Å². The molecule has 1 aliphatic heterocycles. The average molecular weight is 515 g/mol. The Kier molecular flexibility index (Phi) is 7.01. The van der Waals surface area contributed by atoms with Crippen LogP contribution in [0, 0.1) is 0 Å². The summed E-state index contributed by atoms with van der Waals surface area (Å²) in [6.07, 6.45) is -3.84. The van der Waals surface area contributed by atoms with Gasteiger partial charge in [-0.3, -0.25) is 0 Å². The summed E-state index contributed by atoms with van der Waals surface area (Å²) in [6, 6.07) is 11.1. The van der Waals surface area contributed by atoms with Crippen molar-refractivity contribution in [1.82, 2.24) is 15.0 Å². The second-order valence-corrected chi connectivity index (χ2v) is 8.53. The smallest absolute Gasteiger partial charge is 0.437 e. The van der Waals surface area contributed by atoms with Gasteiger partial charge in [0.15, 0.2) is 5.69 Å². The van der Waals surface area contributed by atoms with E-state index in [0.29, 0.717) is 25.9 Å². The van der Waals surface area contributed by atoms with Crippen LogP contribution in [0.5, 0.6) is 0 Å². The molecule has 3 aromatic rings. The first-order valence-electron chi connectivity index (χ1n) is 10.3. The lowest BCUT2D eigenvalue weighted by Gasteiger charge is -2.33. The monoisotopic (exact) mass is 514 g/mol. The Morgan fingerprint density at radius 2 is 1.71 bits per heavy atom. The molecule has 0 unspecified atom stereocenters. The first kappa shape index (κ1) is 24.3. The van der Waals surface area contributed by atoms with Crippen molar-refractivity contribution >= 4 is 34.9 Å². The number of carbonyl (C=O) groups is 1. The quantitative estimate of drug-likeness (QED) is 0.469. The minimum atomic E-state index is -4.73. The van der Waals surface area contributed by atoms with Crippen LogP contribution < -0.4 is 4.90 Å². The third-order valence-corrected chi connectivity index (χ3v) is 6.17. The number of aromatic carboxylic acids is 1. The number of rotatable bonds is 6. The van der Waals surface area contributed by atoms with Crippen molar-refractivity contribution in [1.29, 1.82) is 0 Å². The third kappa shape index (κ3) is 5.13. The SMILES string of the molecule is O=C(O)c1ccc(N2CCC(OCc3c(C(F)(F)F)nnn3-c3c(Cl)cccc3Cl)CC2)cc1. The number of nitrogens with zero attached hydrogens (tertiary/aromatic N) is 4. The van der Waals surface area contributed by atoms with Gasteiger partial charge in [0.05, 0.1) is 28.3 Å². The van der Waals surface area contributed by atoms with Gasteiger partial charge in [0.1, 0.15) is 11.4 Å². The maximum Gasteiger partial charge on any atom is 0.437 e. The molecule has 0 atom stereocenters. The lowest BCUT2D eigenvalue weighted by atomic mass is 10.1. The second-order valence-electron chi connectivity index (χ2n) is 7.71. The predicted molar refractivity (Wildman–Crippen MR) is 120 cm³/mol. The highest BCUT2D eigenvalue weighted by Crippen LogP contribution is 2.35.